The third-order valence-corrected chi connectivity index (χ3v) is 8.68. The fraction of sp³-hybridized carbons (Fsp3) is 0.433. The molecule has 2 aromatic carbocycles. The summed E-state index contributed by atoms with van der Waals surface area (Å²) in [5, 5.41) is 7.45. The highest BCUT2D eigenvalue weighted by Crippen LogP contribution is 2.34. The summed E-state index contributed by atoms with van der Waals surface area (Å²) in [4.78, 5) is 35.2. The van der Waals surface area contributed by atoms with Crippen LogP contribution >= 0.6 is 11.3 Å². The van der Waals surface area contributed by atoms with Gasteiger partial charge in [-0.3, -0.25) is 9.59 Å². The van der Waals surface area contributed by atoms with E-state index in [1.807, 2.05) is 49.1 Å². The minimum atomic E-state index is -0.286. The quantitative estimate of drug-likeness (QED) is 0.472. The number of morpholine rings is 2. The van der Waals surface area contributed by atoms with E-state index in [4.69, 9.17) is 14.5 Å². The maximum absolute atomic E-state index is 12.7. The zero-order valence-electron chi connectivity index (χ0n) is 22.9. The number of ether oxygens (including phenoxy) is 2. The molecule has 9 nitrogen and oxygen atoms in total. The zero-order valence-corrected chi connectivity index (χ0v) is 23.8. The van der Waals surface area contributed by atoms with Crippen molar-refractivity contribution >= 4 is 39.7 Å². The Morgan fingerprint density at radius 2 is 1.85 bits per heavy atom. The van der Waals surface area contributed by atoms with E-state index in [2.05, 4.69) is 33.7 Å². The molecule has 0 spiro atoms. The van der Waals surface area contributed by atoms with Crippen LogP contribution in [0.4, 0.5) is 16.5 Å². The molecule has 0 aliphatic carbocycles. The van der Waals surface area contributed by atoms with Crippen molar-refractivity contribution in [3.8, 4) is 0 Å². The van der Waals surface area contributed by atoms with Crippen molar-refractivity contribution in [2.75, 3.05) is 56.3 Å². The lowest BCUT2D eigenvalue weighted by atomic mass is 9.94. The van der Waals surface area contributed by atoms with Crippen molar-refractivity contribution in [2.24, 2.45) is 0 Å². The number of anilines is 3. The maximum Gasteiger partial charge on any atom is 0.263 e. The molecule has 6 rings (SSSR count). The number of hydrogen-bond donors (Lipinski definition) is 2. The topological polar surface area (TPSA) is 96.0 Å². The summed E-state index contributed by atoms with van der Waals surface area (Å²) in [6.07, 6.45) is 1.53. The van der Waals surface area contributed by atoms with Crippen LogP contribution in [-0.2, 0) is 22.3 Å². The van der Waals surface area contributed by atoms with E-state index in [0.717, 1.165) is 46.5 Å². The molecular formula is C30H35N5O4S. The van der Waals surface area contributed by atoms with Crippen LogP contribution in [0.1, 0.15) is 45.1 Å². The number of thiazole rings is 1. The van der Waals surface area contributed by atoms with Crippen LogP contribution in [0.5, 0.6) is 0 Å². The number of nitrogens with zero attached hydrogens (tertiary/aromatic N) is 3. The Bertz CT molecular complexity index is 1380. The highest BCUT2D eigenvalue weighted by molar-refractivity contribution is 7.17. The average Bonchev–Trinajstić information content (AvgIpc) is 3.37. The lowest BCUT2D eigenvalue weighted by Gasteiger charge is -2.35. The van der Waals surface area contributed by atoms with E-state index in [1.165, 1.54) is 16.9 Å². The number of amides is 2. The molecule has 3 aliphatic rings. The van der Waals surface area contributed by atoms with Crippen LogP contribution in [-0.4, -0.2) is 79.3 Å². The first-order chi connectivity index (χ1) is 19.3. The van der Waals surface area contributed by atoms with Crippen molar-refractivity contribution in [2.45, 2.75) is 38.3 Å². The summed E-state index contributed by atoms with van der Waals surface area (Å²) in [5.74, 6) is 0.0126. The second kappa shape index (κ2) is 11.2. The number of benzene rings is 2. The maximum atomic E-state index is 12.7. The number of fused-ring (bicyclic) bond motifs is 1. The van der Waals surface area contributed by atoms with Gasteiger partial charge in [0.25, 0.3) is 11.8 Å². The summed E-state index contributed by atoms with van der Waals surface area (Å²) in [6.45, 7) is 8.51. The summed E-state index contributed by atoms with van der Waals surface area (Å²) >= 11 is 1.48. The summed E-state index contributed by atoms with van der Waals surface area (Å²) in [6, 6.07) is 16.1. The van der Waals surface area contributed by atoms with Crippen LogP contribution in [0.25, 0.3) is 0 Å². The van der Waals surface area contributed by atoms with Gasteiger partial charge in [-0.25, -0.2) is 4.98 Å². The van der Waals surface area contributed by atoms with Crippen molar-refractivity contribution < 1.29 is 19.1 Å². The number of hydrogen-bond acceptors (Lipinski definition) is 8. The van der Waals surface area contributed by atoms with Crippen LogP contribution in [0.15, 0.2) is 48.5 Å². The smallest absolute Gasteiger partial charge is 0.263 e. The van der Waals surface area contributed by atoms with Gasteiger partial charge in [-0.15, -0.1) is 0 Å². The number of aromatic nitrogens is 1. The van der Waals surface area contributed by atoms with Gasteiger partial charge < -0.3 is 29.9 Å². The van der Waals surface area contributed by atoms with Gasteiger partial charge in [0.2, 0.25) is 0 Å². The highest BCUT2D eigenvalue weighted by Gasteiger charge is 2.35. The molecule has 3 aromatic rings. The Hall–Kier alpha value is -3.47. The van der Waals surface area contributed by atoms with Gasteiger partial charge in [0, 0.05) is 48.5 Å². The molecule has 210 valence electrons. The van der Waals surface area contributed by atoms with Crippen LogP contribution < -0.4 is 15.5 Å². The third-order valence-electron chi connectivity index (χ3n) is 7.54. The molecule has 4 heterocycles. The molecule has 0 radical (unpaired) electrons. The Kier molecular flexibility index (Phi) is 7.48. The fourth-order valence-corrected chi connectivity index (χ4v) is 6.60. The molecule has 2 N–H and O–H groups in total. The average molecular weight is 562 g/mol. The number of carbonyl (C=O) groups is 2. The van der Waals surface area contributed by atoms with Gasteiger partial charge in [-0.2, -0.15) is 0 Å². The summed E-state index contributed by atoms with van der Waals surface area (Å²) in [7, 11) is 0. The van der Waals surface area contributed by atoms with Crippen LogP contribution in [0.2, 0.25) is 0 Å². The molecule has 10 heteroatoms. The van der Waals surface area contributed by atoms with Gasteiger partial charge in [-0.1, -0.05) is 23.5 Å². The number of carbonyl (C=O) groups excluding carboxylic acids is 2. The van der Waals surface area contributed by atoms with E-state index in [0.29, 0.717) is 45.1 Å². The highest BCUT2D eigenvalue weighted by atomic mass is 32.1. The Morgan fingerprint density at radius 1 is 1.07 bits per heavy atom. The Balaban J connectivity index is 1.13. The van der Waals surface area contributed by atoms with Gasteiger partial charge in [0.05, 0.1) is 38.2 Å². The predicted molar refractivity (Wildman–Crippen MR) is 156 cm³/mol. The lowest BCUT2D eigenvalue weighted by Crippen LogP contribution is -2.48. The molecular weight excluding hydrogens is 526 g/mol. The second-order valence-corrected chi connectivity index (χ2v) is 12.2. The van der Waals surface area contributed by atoms with Crippen LogP contribution in [0.3, 0.4) is 0 Å². The van der Waals surface area contributed by atoms with E-state index >= 15 is 0 Å². The molecule has 0 saturated carbocycles. The first kappa shape index (κ1) is 26.7. The van der Waals surface area contributed by atoms with E-state index in [1.54, 1.807) is 0 Å². The zero-order chi connectivity index (χ0) is 27.7. The minimum absolute atomic E-state index is 0.0305. The van der Waals surface area contributed by atoms with E-state index in [-0.39, 0.29) is 23.4 Å². The number of rotatable bonds is 6. The normalized spacial score (nSPS) is 20.6. The fourth-order valence-electron chi connectivity index (χ4n) is 5.52. The molecule has 2 fully saturated rings. The molecule has 2 saturated heterocycles. The third kappa shape index (κ3) is 5.84. The standard InChI is InChI=1S/C30H35N5O4S/c1-30(2)18-25-26(27(36)33-30)40-29(32-25)35-12-15-39-19-24(35)17-20-4-3-5-23(16-20)31-22-8-6-21(7-9-22)28(37)34-10-13-38-14-11-34/h3-9,16,24,31H,10-15,17-19H2,1-2H3,(H,33,36). The Labute approximate surface area is 238 Å². The molecule has 40 heavy (non-hydrogen) atoms. The van der Waals surface area contributed by atoms with Gasteiger partial charge in [0.1, 0.15) is 4.88 Å². The molecule has 1 atom stereocenters. The minimum Gasteiger partial charge on any atom is -0.378 e. The van der Waals surface area contributed by atoms with Gasteiger partial charge >= 0.3 is 0 Å². The van der Waals surface area contributed by atoms with Crippen molar-refractivity contribution in [1.82, 2.24) is 15.2 Å². The predicted octanol–water partition coefficient (Wildman–Crippen LogP) is 3.87. The molecule has 2 amide bonds. The summed E-state index contributed by atoms with van der Waals surface area (Å²) in [5.41, 5.74) is 4.38. The van der Waals surface area contributed by atoms with Crippen LogP contribution in [0, 0.1) is 0 Å². The molecule has 3 aliphatic heterocycles. The second-order valence-electron chi connectivity index (χ2n) is 11.2. The SMILES string of the molecule is CC1(C)Cc2nc(N3CCOCC3Cc3cccc(Nc4ccc(C(=O)N5CCOCC5)cc4)c3)sc2C(=O)N1. The largest absolute Gasteiger partial charge is 0.378 e. The first-order valence-electron chi connectivity index (χ1n) is 13.8. The number of nitrogens with one attached hydrogen (secondary N) is 2. The summed E-state index contributed by atoms with van der Waals surface area (Å²) < 4.78 is 11.2. The molecule has 0 bridgehead atoms. The monoisotopic (exact) mass is 561 g/mol. The molecule has 1 aromatic heterocycles. The van der Waals surface area contributed by atoms with Gasteiger partial charge in [0.15, 0.2) is 5.13 Å². The van der Waals surface area contributed by atoms with Crippen molar-refractivity contribution in [1.29, 1.82) is 0 Å². The lowest BCUT2D eigenvalue weighted by molar-refractivity contribution is 0.0303. The van der Waals surface area contributed by atoms with E-state index in [9.17, 15) is 9.59 Å². The Morgan fingerprint density at radius 3 is 2.65 bits per heavy atom. The van der Waals surface area contributed by atoms with Crippen molar-refractivity contribution in [3.63, 3.8) is 0 Å². The first-order valence-corrected chi connectivity index (χ1v) is 14.7. The molecule has 1 unspecified atom stereocenters. The van der Waals surface area contributed by atoms with E-state index < -0.39 is 0 Å². The van der Waals surface area contributed by atoms with Crippen molar-refractivity contribution in [3.05, 3.63) is 70.2 Å². The van der Waals surface area contributed by atoms with Gasteiger partial charge in [-0.05, 0) is 62.2 Å².